The fourth-order valence-electron chi connectivity index (χ4n) is 3.04. The predicted octanol–water partition coefficient (Wildman–Crippen LogP) is 4.20. The molecule has 168 valence electrons. The van der Waals surface area contributed by atoms with Gasteiger partial charge in [-0.05, 0) is 30.3 Å². The zero-order chi connectivity index (χ0) is 23.3. The molecule has 1 N–H and O–H groups in total. The monoisotopic (exact) mass is 453 g/mol. The highest BCUT2D eigenvalue weighted by Crippen LogP contribution is 2.23. The molecule has 0 atom stereocenters. The average molecular weight is 453 g/mol. The third-order valence-electron chi connectivity index (χ3n) is 4.59. The molecular formula is C23H18F3N5O2. The first-order valence-corrected chi connectivity index (χ1v) is 9.87. The van der Waals surface area contributed by atoms with Crippen LogP contribution in [0.1, 0.15) is 15.9 Å². The maximum absolute atomic E-state index is 12.6. The quantitative estimate of drug-likeness (QED) is 0.454. The molecule has 0 radical (unpaired) electrons. The highest BCUT2D eigenvalue weighted by atomic mass is 19.4. The summed E-state index contributed by atoms with van der Waals surface area (Å²) < 4.78 is 43.0. The second-order valence-electron chi connectivity index (χ2n) is 6.99. The van der Waals surface area contributed by atoms with Gasteiger partial charge in [-0.25, -0.2) is 9.67 Å². The maximum atomic E-state index is 12.6. The van der Waals surface area contributed by atoms with E-state index in [1.807, 2.05) is 48.7 Å². The minimum Gasteiger partial charge on any atom is -0.468 e. The van der Waals surface area contributed by atoms with Crippen LogP contribution in [-0.2, 0) is 6.54 Å². The number of hydrogen-bond acceptors (Lipinski definition) is 5. The van der Waals surface area contributed by atoms with Crippen molar-refractivity contribution in [3.05, 3.63) is 90.5 Å². The Morgan fingerprint density at radius 3 is 2.45 bits per heavy atom. The Labute approximate surface area is 186 Å². The van der Waals surface area contributed by atoms with Crippen LogP contribution in [0.4, 0.5) is 13.2 Å². The fourth-order valence-corrected chi connectivity index (χ4v) is 3.04. The second-order valence-corrected chi connectivity index (χ2v) is 6.99. The van der Waals surface area contributed by atoms with Crippen molar-refractivity contribution in [2.24, 2.45) is 0 Å². The minimum absolute atomic E-state index is 0.176. The first kappa shape index (κ1) is 22.0. The van der Waals surface area contributed by atoms with Gasteiger partial charge in [0.25, 0.3) is 5.91 Å². The SMILES string of the molecule is O=C(NCc1cn(-c2ccccc2)nc1-c1ccncc1)c1ccc(OCC(F)(F)F)nc1. The largest absolute Gasteiger partial charge is 0.468 e. The molecule has 0 aliphatic heterocycles. The highest BCUT2D eigenvalue weighted by molar-refractivity contribution is 5.93. The Balaban J connectivity index is 1.49. The molecule has 3 aromatic heterocycles. The number of para-hydroxylation sites is 1. The molecule has 33 heavy (non-hydrogen) atoms. The van der Waals surface area contributed by atoms with Crippen LogP contribution in [0.3, 0.4) is 0 Å². The van der Waals surface area contributed by atoms with E-state index < -0.39 is 18.7 Å². The summed E-state index contributed by atoms with van der Waals surface area (Å²) in [5, 5.41) is 7.47. The van der Waals surface area contributed by atoms with Gasteiger partial charge in [0, 0.05) is 48.5 Å². The van der Waals surface area contributed by atoms with E-state index >= 15 is 0 Å². The number of nitrogens with one attached hydrogen (secondary N) is 1. The Hall–Kier alpha value is -4.21. The van der Waals surface area contributed by atoms with Gasteiger partial charge in [-0.3, -0.25) is 9.78 Å². The average Bonchev–Trinajstić information content (AvgIpc) is 3.26. The van der Waals surface area contributed by atoms with Crippen molar-refractivity contribution >= 4 is 5.91 Å². The Kier molecular flexibility index (Phi) is 6.34. The summed E-state index contributed by atoms with van der Waals surface area (Å²) in [5.74, 6) is -0.647. The number of amides is 1. The molecule has 0 aliphatic rings. The summed E-state index contributed by atoms with van der Waals surface area (Å²) in [6.45, 7) is -1.27. The molecular weight excluding hydrogens is 435 g/mol. The molecule has 0 unspecified atom stereocenters. The normalized spacial score (nSPS) is 11.2. The molecule has 1 aromatic carbocycles. The fraction of sp³-hybridized carbons (Fsp3) is 0.130. The summed E-state index contributed by atoms with van der Waals surface area (Å²) in [4.78, 5) is 20.4. The summed E-state index contributed by atoms with van der Waals surface area (Å²) in [6.07, 6.45) is 1.85. The lowest BCUT2D eigenvalue weighted by atomic mass is 10.1. The van der Waals surface area contributed by atoms with Gasteiger partial charge in [-0.2, -0.15) is 18.3 Å². The van der Waals surface area contributed by atoms with E-state index in [9.17, 15) is 18.0 Å². The Morgan fingerprint density at radius 2 is 1.79 bits per heavy atom. The van der Waals surface area contributed by atoms with Crippen LogP contribution < -0.4 is 10.1 Å². The third-order valence-corrected chi connectivity index (χ3v) is 4.59. The number of carbonyl (C=O) groups excluding carboxylic acids is 1. The smallest absolute Gasteiger partial charge is 0.422 e. The first-order chi connectivity index (χ1) is 15.9. The van der Waals surface area contributed by atoms with E-state index in [1.165, 1.54) is 12.1 Å². The maximum Gasteiger partial charge on any atom is 0.422 e. The Morgan fingerprint density at radius 1 is 1.03 bits per heavy atom. The van der Waals surface area contributed by atoms with Gasteiger partial charge < -0.3 is 10.1 Å². The first-order valence-electron chi connectivity index (χ1n) is 9.87. The van der Waals surface area contributed by atoms with Crippen molar-refractivity contribution in [2.75, 3.05) is 6.61 Å². The van der Waals surface area contributed by atoms with Crippen molar-refractivity contribution in [1.29, 1.82) is 0 Å². The molecule has 7 nitrogen and oxygen atoms in total. The predicted molar refractivity (Wildman–Crippen MR) is 114 cm³/mol. The van der Waals surface area contributed by atoms with E-state index in [4.69, 9.17) is 0 Å². The van der Waals surface area contributed by atoms with Crippen molar-refractivity contribution in [3.8, 4) is 22.8 Å². The molecule has 4 rings (SSSR count). The molecule has 10 heteroatoms. The van der Waals surface area contributed by atoms with Crippen LogP contribution >= 0.6 is 0 Å². The Bertz CT molecular complexity index is 1210. The van der Waals surface area contributed by atoms with Crippen LogP contribution in [0.5, 0.6) is 5.88 Å². The summed E-state index contributed by atoms with van der Waals surface area (Å²) in [6, 6.07) is 15.8. The number of ether oxygens (including phenoxy) is 1. The highest BCUT2D eigenvalue weighted by Gasteiger charge is 2.28. The van der Waals surface area contributed by atoms with Crippen LogP contribution in [0.15, 0.2) is 79.4 Å². The topological polar surface area (TPSA) is 81.9 Å². The molecule has 3 heterocycles. The van der Waals surface area contributed by atoms with Crippen LogP contribution in [0, 0.1) is 0 Å². The third kappa shape index (κ3) is 5.73. The summed E-state index contributed by atoms with van der Waals surface area (Å²) >= 11 is 0. The molecule has 0 saturated carbocycles. The van der Waals surface area contributed by atoms with E-state index in [1.54, 1.807) is 17.1 Å². The number of hydrogen-bond donors (Lipinski definition) is 1. The minimum atomic E-state index is -4.46. The zero-order valence-electron chi connectivity index (χ0n) is 17.2. The van der Waals surface area contributed by atoms with Crippen LogP contribution in [-0.4, -0.2) is 38.4 Å². The van der Waals surface area contributed by atoms with Crippen LogP contribution in [0.2, 0.25) is 0 Å². The number of aromatic nitrogens is 4. The number of halogens is 3. The number of alkyl halides is 3. The lowest BCUT2D eigenvalue weighted by molar-refractivity contribution is -0.154. The molecule has 1 amide bonds. The van der Waals surface area contributed by atoms with Gasteiger partial charge in [0.1, 0.15) is 0 Å². The number of carbonyl (C=O) groups is 1. The van der Waals surface area contributed by atoms with Crippen molar-refractivity contribution in [2.45, 2.75) is 12.7 Å². The molecule has 4 aromatic rings. The van der Waals surface area contributed by atoms with Gasteiger partial charge >= 0.3 is 6.18 Å². The number of pyridine rings is 2. The number of rotatable bonds is 7. The van der Waals surface area contributed by atoms with Crippen LogP contribution in [0.25, 0.3) is 16.9 Å². The van der Waals surface area contributed by atoms with Crippen molar-refractivity contribution < 1.29 is 22.7 Å². The van der Waals surface area contributed by atoms with Gasteiger partial charge in [-0.15, -0.1) is 0 Å². The van der Waals surface area contributed by atoms with E-state index in [-0.39, 0.29) is 18.0 Å². The van der Waals surface area contributed by atoms with Crippen molar-refractivity contribution in [3.63, 3.8) is 0 Å². The van der Waals surface area contributed by atoms with Gasteiger partial charge in [0.05, 0.1) is 16.9 Å². The van der Waals surface area contributed by atoms with Gasteiger partial charge in [-0.1, -0.05) is 18.2 Å². The van der Waals surface area contributed by atoms with Crippen molar-refractivity contribution in [1.82, 2.24) is 25.1 Å². The molecule has 0 saturated heterocycles. The molecule has 0 fully saturated rings. The standard InChI is InChI=1S/C23H18F3N5O2/c24-23(25,26)15-33-20-7-6-17(12-28-20)22(32)29-13-18-14-31(19-4-2-1-3-5-19)30-21(18)16-8-10-27-11-9-16/h1-12,14H,13,15H2,(H,29,32). The van der Waals surface area contributed by atoms with Gasteiger partial charge in [0.2, 0.25) is 5.88 Å². The number of nitrogens with zero attached hydrogens (tertiary/aromatic N) is 4. The van der Waals surface area contributed by atoms with E-state index in [2.05, 4.69) is 25.1 Å². The molecule has 0 spiro atoms. The lowest BCUT2D eigenvalue weighted by Gasteiger charge is -2.09. The molecule has 0 aliphatic carbocycles. The second kappa shape index (κ2) is 9.51. The molecule has 0 bridgehead atoms. The lowest BCUT2D eigenvalue weighted by Crippen LogP contribution is -2.23. The summed E-state index contributed by atoms with van der Waals surface area (Å²) in [7, 11) is 0. The summed E-state index contributed by atoms with van der Waals surface area (Å²) in [5.41, 5.74) is 3.36. The number of benzene rings is 1. The van der Waals surface area contributed by atoms with E-state index in [0.717, 1.165) is 23.0 Å². The zero-order valence-corrected chi connectivity index (χ0v) is 17.2. The van der Waals surface area contributed by atoms with Gasteiger partial charge in [0.15, 0.2) is 6.61 Å². The van der Waals surface area contributed by atoms with E-state index in [0.29, 0.717) is 5.69 Å².